The molecule has 1 amide bonds. The molecule has 0 aliphatic carbocycles. The van der Waals surface area contributed by atoms with Crippen molar-refractivity contribution in [2.75, 3.05) is 13.1 Å². The van der Waals surface area contributed by atoms with Gasteiger partial charge in [0.25, 0.3) is 0 Å². The first-order valence-electron chi connectivity index (χ1n) is 3.95. The van der Waals surface area contributed by atoms with Crippen LogP contribution in [0.4, 0.5) is 4.79 Å². The molecular weight excluding hydrogens is 174 g/mol. The molecule has 13 heavy (non-hydrogen) atoms. The lowest BCUT2D eigenvalue weighted by molar-refractivity contribution is 0.0777. The molecule has 1 aliphatic heterocycles. The number of ether oxygens (including phenoxy) is 1. The van der Waals surface area contributed by atoms with Gasteiger partial charge in [-0.3, -0.25) is 0 Å². The Morgan fingerprint density at radius 2 is 2.54 bits per heavy atom. The van der Waals surface area contributed by atoms with Crippen LogP contribution in [-0.2, 0) is 4.74 Å². The van der Waals surface area contributed by atoms with Crippen LogP contribution in [0.2, 0.25) is 0 Å². The van der Waals surface area contributed by atoms with Gasteiger partial charge >= 0.3 is 6.09 Å². The number of piperidine rings is 1. The summed E-state index contributed by atoms with van der Waals surface area (Å²) in [5, 5.41) is 6.54. The van der Waals surface area contributed by atoms with Crippen LogP contribution in [0.3, 0.4) is 0 Å². The van der Waals surface area contributed by atoms with Crippen LogP contribution in [0.5, 0.6) is 0 Å². The predicted molar refractivity (Wildman–Crippen MR) is 44.9 cm³/mol. The molecule has 1 aliphatic rings. The smallest absolute Gasteiger partial charge is 0.404 e. The number of nitrogens with two attached hydrogens (primary N) is 1. The molecule has 1 heterocycles. The molecule has 0 aromatic rings. The molecule has 0 aromatic heterocycles. The summed E-state index contributed by atoms with van der Waals surface area (Å²) in [6.45, 7) is 1.23. The topological polar surface area (TPSA) is 113 Å². The molecule has 1 rings (SSSR count). The van der Waals surface area contributed by atoms with Gasteiger partial charge in [0.15, 0.2) is 0 Å². The van der Waals surface area contributed by atoms with Crippen LogP contribution < -0.4 is 11.1 Å². The van der Waals surface area contributed by atoms with Crippen molar-refractivity contribution in [3.63, 3.8) is 0 Å². The number of carbonyl (C=O) groups is 1. The molecular formula is C6H11N5O2. The monoisotopic (exact) mass is 185 g/mol. The van der Waals surface area contributed by atoms with E-state index in [1.807, 2.05) is 0 Å². The van der Waals surface area contributed by atoms with E-state index < -0.39 is 12.2 Å². The number of carbonyl (C=O) groups excluding carboxylic acids is 1. The Hall–Kier alpha value is -1.46. The SMILES string of the molecule is [N-]=[N+]=NC1CCNC[C@@H]1OC(N)=O. The van der Waals surface area contributed by atoms with Gasteiger partial charge in [-0.15, -0.1) is 0 Å². The number of azide groups is 1. The Kier molecular flexibility index (Phi) is 3.36. The van der Waals surface area contributed by atoms with Crippen molar-refractivity contribution in [1.82, 2.24) is 5.32 Å². The van der Waals surface area contributed by atoms with E-state index >= 15 is 0 Å². The second kappa shape index (κ2) is 4.54. The molecule has 7 nitrogen and oxygen atoms in total. The van der Waals surface area contributed by atoms with E-state index in [4.69, 9.17) is 16.0 Å². The molecule has 0 radical (unpaired) electrons. The van der Waals surface area contributed by atoms with Crippen LogP contribution in [0.1, 0.15) is 6.42 Å². The Labute approximate surface area is 74.9 Å². The molecule has 1 fully saturated rings. The normalized spacial score (nSPS) is 27.4. The van der Waals surface area contributed by atoms with Gasteiger partial charge in [0.1, 0.15) is 6.10 Å². The van der Waals surface area contributed by atoms with Gasteiger partial charge in [0.05, 0.1) is 6.04 Å². The van der Waals surface area contributed by atoms with Crippen LogP contribution in [-0.4, -0.2) is 31.3 Å². The van der Waals surface area contributed by atoms with Crippen LogP contribution in [0.15, 0.2) is 5.11 Å². The zero-order valence-electron chi connectivity index (χ0n) is 7.01. The molecule has 0 spiro atoms. The zero-order chi connectivity index (χ0) is 9.68. The summed E-state index contributed by atoms with van der Waals surface area (Å²) in [5.74, 6) is 0. The van der Waals surface area contributed by atoms with Gasteiger partial charge in [-0.1, -0.05) is 5.11 Å². The minimum Gasteiger partial charge on any atom is -0.445 e. The zero-order valence-corrected chi connectivity index (χ0v) is 7.01. The van der Waals surface area contributed by atoms with Crippen LogP contribution in [0, 0.1) is 0 Å². The van der Waals surface area contributed by atoms with Crippen molar-refractivity contribution < 1.29 is 9.53 Å². The number of amides is 1. The van der Waals surface area contributed by atoms with E-state index in [1.165, 1.54) is 0 Å². The van der Waals surface area contributed by atoms with Gasteiger partial charge in [-0.2, -0.15) is 0 Å². The van der Waals surface area contributed by atoms with Crippen molar-refractivity contribution in [3.05, 3.63) is 10.4 Å². The third-order valence-electron chi connectivity index (χ3n) is 1.86. The molecule has 1 saturated heterocycles. The summed E-state index contributed by atoms with van der Waals surface area (Å²) in [6.07, 6.45) is -0.629. The molecule has 2 atom stereocenters. The predicted octanol–water partition coefficient (Wildman–Crippen LogP) is 0.123. The molecule has 3 N–H and O–H groups in total. The highest BCUT2D eigenvalue weighted by Gasteiger charge is 2.26. The van der Waals surface area contributed by atoms with Crippen molar-refractivity contribution in [1.29, 1.82) is 0 Å². The largest absolute Gasteiger partial charge is 0.445 e. The summed E-state index contributed by atoms with van der Waals surface area (Å²) >= 11 is 0. The number of rotatable bonds is 2. The maximum atomic E-state index is 10.5. The Morgan fingerprint density at radius 1 is 1.77 bits per heavy atom. The van der Waals surface area contributed by atoms with Gasteiger partial charge < -0.3 is 15.8 Å². The van der Waals surface area contributed by atoms with Gasteiger partial charge in [-0.25, -0.2) is 4.79 Å². The maximum Gasteiger partial charge on any atom is 0.404 e. The van der Waals surface area contributed by atoms with Crippen molar-refractivity contribution in [2.45, 2.75) is 18.6 Å². The third kappa shape index (κ3) is 2.81. The minimum absolute atomic E-state index is 0.307. The molecule has 7 heteroatoms. The van der Waals surface area contributed by atoms with Gasteiger partial charge in [-0.05, 0) is 18.5 Å². The molecule has 0 aromatic carbocycles. The second-order valence-electron chi connectivity index (χ2n) is 2.74. The first kappa shape index (κ1) is 9.63. The quantitative estimate of drug-likeness (QED) is 0.362. The average molecular weight is 185 g/mol. The average Bonchev–Trinajstić information content (AvgIpc) is 2.08. The summed E-state index contributed by atoms with van der Waals surface area (Å²) in [7, 11) is 0. The van der Waals surface area contributed by atoms with E-state index in [-0.39, 0.29) is 6.04 Å². The highest BCUT2D eigenvalue weighted by Crippen LogP contribution is 2.11. The second-order valence-corrected chi connectivity index (χ2v) is 2.74. The summed E-state index contributed by atoms with van der Waals surface area (Å²) in [6, 6.07) is -0.307. The van der Waals surface area contributed by atoms with E-state index in [1.54, 1.807) is 0 Å². The Balaban J connectivity index is 2.55. The maximum absolute atomic E-state index is 10.5. The van der Waals surface area contributed by atoms with Crippen LogP contribution >= 0.6 is 0 Å². The lowest BCUT2D eigenvalue weighted by atomic mass is 10.0. The molecule has 0 bridgehead atoms. The summed E-state index contributed by atoms with van der Waals surface area (Å²) in [5.41, 5.74) is 13.1. The third-order valence-corrected chi connectivity index (χ3v) is 1.86. The minimum atomic E-state index is -0.841. The van der Waals surface area contributed by atoms with Gasteiger partial charge in [0.2, 0.25) is 0 Å². The number of nitrogens with one attached hydrogen (secondary N) is 1. The van der Waals surface area contributed by atoms with Crippen LogP contribution in [0.25, 0.3) is 10.4 Å². The fraction of sp³-hybridized carbons (Fsp3) is 0.833. The number of primary amides is 1. The van der Waals surface area contributed by atoms with E-state index in [9.17, 15) is 4.79 Å². The lowest BCUT2D eigenvalue weighted by Crippen LogP contribution is -2.46. The van der Waals surface area contributed by atoms with Gasteiger partial charge in [0, 0.05) is 11.5 Å². The summed E-state index contributed by atoms with van der Waals surface area (Å²) < 4.78 is 4.77. The summed E-state index contributed by atoms with van der Waals surface area (Å²) in [4.78, 5) is 13.1. The van der Waals surface area contributed by atoms with Crippen molar-refractivity contribution in [3.8, 4) is 0 Å². The fourth-order valence-electron chi connectivity index (χ4n) is 1.28. The number of hydrogen-bond acceptors (Lipinski definition) is 4. The van der Waals surface area contributed by atoms with Crippen molar-refractivity contribution in [2.24, 2.45) is 10.8 Å². The first-order valence-corrected chi connectivity index (χ1v) is 3.95. The number of hydrogen-bond donors (Lipinski definition) is 2. The number of nitrogens with zero attached hydrogens (tertiary/aromatic N) is 3. The lowest BCUT2D eigenvalue weighted by Gasteiger charge is -2.27. The van der Waals surface area contributed by atoms with E-state index in [0.29, 0.717) is 13.0 Å². The standard InChI is InChI=1S/C6H11N5O2/c7-6(12)13-5-3-9-2-1-4(5)10-11-8/h4-5,9H,1-3H2,(H2,7,12)/t4?,5-/m0/s1. The van der Waals surface area contributed by atoms with Crippen molar-refractivity contribution >= 4 is 6.09 Å². The Morgan fingerprint density at radius 3 is 3.15 bits per heavy atom. The molecule has 0 saturated carbocycles. The highest BCUT2D eigenvalue weighted by molar-refractivity contribution is 5.64. The Bertz CT molecular complexity index is 237. The highest BCUT2D eigenvalue weighted by atomic mass is 16.6. The van der Waals surface area contributed by atoms with E-state index in [0.717, 1.165) is 6.54 Å². The molecule has 72 valence electrons. The first-order chi connectivity index (χ1) is 6.24. The van der Waals surface area contributed by atoms with E-state index in [2.05, 4.69) is 15.3 Å². The fourth-order valence-corrected chi connectivity index (χ4v) is 1.28. The molecule has 1 unspecified atom stereocenters.